The normalized spacial score (nSPS) is 22.2. The molecule has 1 aliphatic heterocycles. The van der Waals surface area contributed by atoms with Gasteiger partial charge in [0, 0.05) is 26.2 Å². The quantitative estimate of drug-likeness (QED) is 0.760. The number of ether oxygens (including phenoxy) is 1. The summed E-state index contributed by atoms with van der Waals surface area (Å²) in [5, 5.41) is -0.436. The fourth-order valence-corrected chi connectivity index (χ4v) is 4.92. The molecule has 0 bridgehead atoms. The highest BCUT2D eigenvalue weighted by Crippen LogP contribution is 2.25. The van der Waals surface area contributed by atoms with Crippen molar-refractivity contribution in [3.05, 3.63) is 35.4 Å². The molecule has 0 spiro atoms. The molecule has 0 amide bonds. The summed E-state index contributed by atoms with van der Waals surface area (Å²) < 4.78 is 33.2. The van der Waals surface area contributed by atoms with Gasteiger partial charge >= 0.3 is 0 Å². The second-order valence-electron chi connectivity index (χ2n) is 6.57. The van der Waals surface area contributed by atoms with Crippen LogP contribution in [0.2, 0.25) is 0 Å². The lowest BCUT2D eigenvalue weighted by Crippen LogP contribution is -2.43. The number of benzene rings is 1. The van der Waals surface area contributed by atoms with Gasteiger partial charge in [0.2, 0.25) is 10.0 Å². The second kappa shape index (κ2) is 7.75. The Morgan fingerprint density at radius 3 is 2.57 bits per heavy atom. The van der Waals surface area contributed by atoms with Crippen LogP contribution < -0.4 is 0 Å². The van der Waals surface area contributed by atoms with Crippen LogP contribution in [0.3, 0.4) is 0 Å². The van der Waals surface area contributed by atoms with E-state index in [0.717, 1.165) is 11.1 Å². The third-order valence-electron chi connectivity index (χ3n) is 4.29. The highest BCUT2D eigenvalue weighted by atomic mass is 32.2. The zero-order valence-corrected chi connectivity index (χ0v) is 15.3. The van der Waals surface area contributed by atoms with Gasteiger partial charge in [-0.2, -0.15) is 4.31 Å². The SMILES string of the molecule is Cc1cccc(CN(CCN(C)C)S(=O)(=O)C2CCOC2C)c1. The van der Waals surface area contributed by atoms with Gasteiger partial charge in [-0.15, -0.1) is 0 Å². The van der Waals surface area contributed by atoms with Crippen LogP contribution in [0.4, 0.5) is 0 Å². The first-order valence-electron chi connectivity index (χ1n) is 8.11. The van der Waals surface area contributed by atoms with Crippen molar-refractivity contribution in [2.24, 2.45) is 0 Å². The molecule has 0 saturated carbocycles. The molecule has 130 valence electrons. The molecule has 5 nitrogen and oxygen atoms in total. The molecule has 0 aliphatic carbocycles. The number of rotatable bonds is 7. The smallest absolute Gasteiger partial charge is 0.219 e. The molecule has 1 aromatic carbocycles. The van der Waals surface area contributed by atoms with Crippen molar-refractivity contribution >= 4 is 10.0 Å². The minimum Gasteiger partial charge on any atom is -0.377 e. The number of aryl methyl sites for hydroxylation is 1. The molecule has 1 aromatic rings. The minimum atomic E-state index is -3.38. The number of sulfonamides is 1. The maximum absolute atomic E-state index is 13.1. The highest BCUT2D eigenvalue weighted by Gasteiger charge is 2.39. The van der Waals surface area contributed by atoms with E-state index in [1.54, 1.807) is 4.31 Å². The molecule has 2 unspecified atom stereocenters. The Hall–Kier alpha value is -0.950. The van der Waals surface area contributed by atoms with E-state index >= 15 is 0 Å². The predicted octanol–water partition coefficient (Wildman–Crippen LogP) is 1.87. The van der Waals surface area contributed by atoms with Crippen LogP contribution in [0, 0.1) is 6.92 Å². The molecular weight excluding hydrogens is 312 g/mol. The van der Waals surface area contributed by atoms with Crippen molar-refractivity contribution in [3.8, 4) is 0 Å². The first kappa shape index (κ1) is 18.4. The Kier molecular flexibility index (Phi) is 6.19. The summed E-state index contributed by atoms with van der Waals surface area (Å²) in [4.78, 5) is 2.01. The lowest BCUT2D eigenvalue weighted by atomic mass is 10.1. The molecule has 1 heterocycles. The largest absolute Gasteiger partial charge is 0.377 e. The lowest BCUT2D eigenvalue weighted by molar-refractivity contribution is 0.125. The molecule has 1 fully saturated rings. The van der Waals surface area contributed by atoms with E-state index < -0.39 is 15.3 Å². The molecule has 1 saturated heterocycles. The van der Waals surface area contributed by atoms with Gasteiger partial charge < -0.3 is 9.64 Å². The Bertz CT molecular complexity index is 616. The summed E-state index contributed by atoms with van der Waals surface area (Å²) in [6.45, 7) is 6.01. The van der Waals surface area contributed by atoms with Gasteiger partial charge in [0.25, 0.3) is 0 Å². The number of nitrogens with zero attached hydrogens (tertiary/aromatic N) is 2. The van der Waals surface area contributed by atoms with Crippen molar-refractivity contribution in [1.82, 2.24) is 9.21 Å². The maximum atomic E-state index is 13.1. The van der Waals surface area contributed by atoms with Crippen LogP contribution in [-0.4, -0.2) is 62.8 Å². The van der Waals surface area contributed by atoms with Gasteiger partial charge in [0.1, 0.15) is 5.25 Å². The van der Waals surface area contributed by atoms with Gasteiger partial charge in [-0.1, -0.05) is 29.8 Å². The summed E-state index contributed by atoms with van der Waals surface area (Å²) in [5.74, 6) is 0. The van der Waals surface area contributed by atoms with Gasteiger partial charge in [0.05, 0.1) is 6.10 Å². The lowest BCUT2D eigenvalue weighted by Gasteiger charge is -2.28. The van der Waals surface area contributed by atoms with E-state index in [0.29, 0.717) is 32.7 Å². The van der Waals surface area contributed by atoms with Crippen LogP contribution in [0.5, 0.6) is 0 Å². The third kappa shape index (κ3) is 4.76. The van der Waals surface area contributed by atoms with Gasteiger partial charge in [-0.3, -0.25) is 0 Å². The Labute approximate surface area is 140 Å². The van der Waals surface area contributed by atoms with Crippen molar-refractivity contribution in [2.45, 2.75) is 38.2 Å². The molecule has 6 heteroatoms. The van der Waals surface area contributed by atoms with E-state index in [1.165, 1.54) is 0 Å². The van der Waals surface area contributed by atoms with E-state index in [2.05, 4.69) is 0 Å². The Balaban J connectivity index is 2.22. The maximum Gasteiger partial charge on any atom is 0.219 e. The summed E-state index contributed by atoms with van der Waals surface area (Å²) in [5.41, 5.74) is 2.17. The topological polar surface area (TPSA) is 49.9 Å². The summed E-state index contributed by atoms with van der Waals surface area (Å²) in [6.07, 6.45) is 0.342. The van der Waals surface area contributed by atoms with E-state index in [1.807, 2.05) is 57.1 Å². The molecule has 0 radical (unpaired) electrons. The fraction of sp³-hybridized carbons (Fsp3) is 0.647. The van der Waals surface area contributed by atoms with Crippen LogP contribution in [0.25, 0.3) is 0 Å². The van der Waals surface area contributed by atoms with Crippen molar-refractivity contribution in [1.29, 1.82) is 0 Å². The minimum absolute atomic E-state index is 0.237. The number of hydrogen-bond donors (Lipinski definition) is 0. The zero-order chi connectivity index (χ0) is 17.0. The van der Waals surface area contributed by atoms with Gasteiger partial charge in [-0.05, 0) is 39.9 Å². The monoisotopic (exact) mass is 340 g/mol. The number of hydrogen-bond acceptors (Lipinski definition) is 4. The molecule has 0 N–H and O–H groups in total. The Morgan fingerprint density at radius 2 is 2.00 bits per heavy atom. The highest BCUT2D eigenvalue weighted by molar-refractivity contribution is 7.89. The van der Waals surface area contributed by atoms with Crippen LogP contribution in [-0.2, 0) is 21.3 Å². The molecule has 2 rings (SSSR count). The van der Waals surface area contributed by atoms with Crippen LogP contribution >= 0.6 is 0 Å². The first-order valence-corrected chi connectivity index (χ1v) is 9.62. The van der Waals surface area contributed by atoms with Crippen molar-refractivity contribution in [2.75, 3.05) is 33.8 Å². The predicted molar refractivity (Wildman–Crippen MR) is 92.9 cm³/mol. The molecule has 1 aliphatic rings. The summed E-state index contributed by atoms with van der Waals surface area (Å²) >= 11 is 0. The van der Waals surface area contributed by atoms with E-state index in [4.69, 9.17) is 4.74 Å². The number of likely N-dealkylation sites (N-methyl/N-ethyl adjacent to an activating group) is 1. The second-order valence-corrected chi connectivity index (χ2v) is 8.73. The van der Waals surface area contributed by atoms with E-state index in [-0.39, 0.29) is 6.10 Å². The van der Waals surface area contributed by atoms with Gasteiger partial charge in [-0.25, -0.2) is 8.42 Å². The standard InChI is InChI=1S/C17H28N2O3S/c1-14-6-5-7-16(12-14)13-19(10-9-18(3)4)23(20,21)17-8-11-22-15(17)2/h5-7,12,15,17H,8-11,13H2,1-4H3. The van der Waals surface area contributed by atoms with Crippen LogP contribution in [0.1, 0.15) is 24.5 Å². The average molecular weight is 340 g/mol. The van der Waals surface area contributed by atoms with Crippen molar-refractivity contribution < 1.29 is 13.2 Å². The molecule has 2 atom stereocenters. The molecular formula is C17H28N2O3S. The molecule has 23 heavy (non-hydrogen) atoms. The summed E-state index contributed by atoms with van der Waals surface area (Å²) in [7, 11) is 0.539. The van der Waals surface area contributed by atoms with Gasteiger partial charge in [0.15, 0.2) is 0 Å². The zero-order valence-electron chi connectivity index (χ0n) is 14.5. The third-order valence-corrected chi connectivity index (χ3v) is 6.70. The fourth-order valence-electron chi connectivity index (χ4n) is 2.92. The average Bonchev–Trinajstić information content (AvgIpc) is 2.90. The van der Waals surface area contributed by atoms with Crippen LogP contribution in [0.15, 0.2) is 24.3 Å². The summed E-state index contributed by atoms with van der Waals surface area (Å²) in [6, 6.07) is 8.03. The first-order chi connectivity index (χ1) is 10.8. The molecule has 0 aromatic heterocycles. The van der Waals surface area contributed by atoms with Crippen molar-refractivity contribution in [3.63, 3.8) is 0 Å². The van der Waals surface area contributed by atoms with E-state index in [9.17, 15) is 8.42 Å². The Morgan fingerprint density at radius 1 is 1.26 bits per heavy atom.